The molecular formula is C46H28N6O. The number of rotatable bonds is 4. The number of nitrogens with zero attached hydrogens (tertiary/aromatic N) is 6. The van der Waals surface area contributed by atoms with Crippen LogP contribution >= 0.6 is 0 Å². The lowest BCUT2D eigenvalue weighted by Crippen LogP contribution is -2.15. The maximum absolute atomic E-state index is 6.29. The SMILES string of the molecule is c1ccc(-c2nc(-c3ccc4c(c3)oc3ccccc34)nc(-c3ccccc3N3c4ccccc4-c4ccccc4-n4c3nc3ccccc34)n2)cc1. The van der Waals surface area contributed by atoms with Gasteiger partial charge < -0.3 is 4.42 Å². The number of hydrogen-bond acceptors (Lipinski definition) is 6. The molecule has 0 N–H and O–H groups in total. The Bertz CT molecular complexity index is 3040. The zero-order chi connectivity index (χ0) is 34.9. The fourth-order valence-corrected chi connectivity index (χ4v) is 7.60. The van der Waals surface area contributed by atoms with Crippen LogP contribution in [0.1, 0.15) is 0 Å². The van der Waals surface area contributed by atoms with Gasteiger partial charge in [0.15, 0.2) is 17.5 Å². The van der Waals surface area contributed by atoms with Crippen molar-refractivity contribution >= 4 is 50.3 Å². The molecule has 0 amide bonds. The molecule has 248 valence electrons. The maximum Gasteiger partial charge on any atom is 0.220 e. The Hall–Kier alpha value is -7.38. The van der Waals surface area contributed by atoms with Crippen molar-refractivity contribution in [2.75, 3.05) is 4.90 Å². The molecule has 0 fully saturated rings. The molecule has 1 aliphatic rings. The van der Waals surface area contributed by atoms with Crippen molar-refractivity contribution in [3.8, 4) is 51.0 Å². The molecule has 0 unspecified atom stereocenters. The molecule has 0 spiro atoms. The lowest BCUT2D eigenvalue weighted by Gasteiger charge is -2.26. The number of para-hydroxylation sites is 6. The fourth-order valence-electron chi connectivity index (χ4n) is 7.60. The van der Waals surface area contributed by atoms with Crippen molar-refractivity contribution < 1.29 is 4.42 Å². The average molecular weight is 681 g/mol. The van der Waals surface area contributed by atoms with E-state index >= 15 is 0 Å². The summed E-state index contributed by atoms with van der Waals surface area (Å²) < 4.78 is 8.55. The van der Waals surface area contributed by atoms with Gasteiger partial charge in [-0.15, -0.1) is 0 Å². The highest BCUT2D eigenvalue weighted by molar-refractivity contribution is 6.06. The van der Waals surface area contributed by atoms with Crippen LogP contribution in [0, 0.1) is 0 Å². The van der Waals surface area contributed by atoms with Gasteiger partial charge in [-0.05, 0) is 54.6 Å². The molecular weight excluding hydrogens is 653 g/mol. The van der Waals surface area contributed by atoms with Crippen LogP contribution in [-0.4, -0.2) is 24.5 Å². The Morgan fingerprint density at radius 2 is 0.981 bits per heavy atom. The van der Waals surface area contributed by atoms with Crippen LogP contribution in [0.5, 0.6) is 0 Å². The fraction of sp³-hybridized carbons (Fsp3) is 0. The van der Waals surface area contributed by atoms with E-state index in [9.17, 15) is 0 Å². The summed E-state index contributed by atoms with van der Waals surface area (Å²) in [6, 6.07) is 58.0. The van der Waals surface area contributed by atoms with Crippen LogP contribution < -0.4 is 4.90 Å². The first-order chi connectivity index (χ1) is 26.3. The van der Waals surface area contributed by atoms with E-state index in [0.717, 1.165) is 83.8 Å². The highest BCUT2D eigenvalue weighted by Gasteiger charge is 2.31. The zero-order valence-electron chi connectivity index (χ0n) is 28.3. The lowest BCUT2D eigenvalue weighted by atomic mass is 10.0. The number of aromatic nitrogens is 5. The number of fused-ring (bicyclic) bond motifs is 10. The van der Waals surface area contributed by atoms with Crippen molar-refractivity contribution in [1.29, 1.82) is 0 Å². The zero-order valence-corrected chi connectivity index (χ0v) is 28.3. The van der Waals surface area contributed by atoms with E-state index in [1.165, 1.54) is 0 Å². The van der Waals surface area contributed by atoms with Gasteiger partial charge in [0.05, 0.1) is 28.1 Å². The van der Waals surface area contributed by atoms with Gasteiger partial charge in [0.1, 0.15) is 11.2 Å². The second kappa shape index (κ2) is 11.6. The quantitative estimate of drug-likeness (QED) is 0.184. The third-order valence-corrected chi connectivity index (χ3v) is 10.0. The monoisotopic (exact) mass is 680 g/mol. The molecule has 0 saturated carbocycles. The normalized spacial score (nSPS) is 12.1. The molecule has 3 aromatic heterocycles. The molecule has 0 atom stereocenters. The van der Waals surface area contributed by atoms with Gasteiger partial charge in [-0.25, -0.2) is 19.9 Å². The first kappa shape index (κ1) is 29.4. The van der Waals surface area contributed by atoms with E-state index in [4.69, 9.17) is 24.4 Å². The second-order valence-corrected chi connectivity index (χ2v) is 13.1. The molecule has 11 rings (SSSR count). The number of furan rings is 1. The second-order valence-electron chi connectivity index (χ2n) is 13.1. The minimum atomic E-state index is 0.552. The predicted octanol–water partition coefficient (Wildman–Crippen LogP) is 11.6. The van der Waals surface area contributed by atoms with E-state index < -0.39 is 0 Å². The Morgan fingerprint density at radius 1 is 0.396 bits per heavy atom. The Morgan fingerprint density at radius 3 is 1.81 bits per heavy atom. The van der Waals surface area contributed by atoms with E-state index in [-0.39, 0.29) is 0 Å². The van der Waals surface area contributed by atoms with Crippen LogP contribution in [-0.2, 0) is 0 Å². The standard InChI is InChI=1S/C46H28N6O/c1-2-14-29(15-3-1)43-48-44(30-26-27-34-33-18-7-13-25-41(33)53-42(34)28-30)50-45(49-43)35-19-6-11-23-39(35)51-37-21-9-4-16-31(37)32-17-5-10-22-38(32)52-40-24-12-8-20-36(40)47-46(51)52/h1-28H. The minimum absolute atomic E-state index is 0.552. The van der Waals surface area contributed by atoms with Gasteiger partial charge in [0.2, 0.25) is 5.95 Å². The molecule has 0 aliphatic carbocycles. The first-order valence-corrected chi connectivity index (χ1v) is 17.6. The molecule has 7 nitrogen and oxygen atoms in total. The van der Waals surface area contributed by atoms with Crippen molar-refractivity contribution in [3.05, 3.63) is 170 Å². The molecule has 4 heterocycles. The van der Waals surface area contributed by atoms with E-state index in [2.05, 4.69) is 113 Å². The minimum Gasteiger partial charge on any atom is -0.456 e. The molecule has 53 heavy (non-hydrogen) atoms. The summed E-state index contributed by atoms with van der Waals surface area (Å²) in [4.78, 5) is 23.0. The summed E-state index contributed by atoms with van der Waals surface area (Å²) in [6.45, 7) is 0. The summed E-state index contributed by atoms with van der Waals surface area (Å²) in [6.07, 6.45) is 0. The molecule has 10 aromatic rings. The maximum atomic E-state index is 6.29. The smallest absolute Gasteiger partial charge is 0.220 e. The Labute approximate surface area is 304 Å². The Balaban J connectivity index is 1.17. The van der Waals surface area contributed by atoms with Crippen molar-refractivity contribution in [1.82, 2.24) is 24.5 Å². The van der Waals surface area contributed by atoms with Gasteiger partial charge in [-0.1, -0.05) is 115 Å². The first-order valence-electron chi connectivity index (χ1n) is 17.6. The van der Waals surface area contributed by atoms with Gasteiger partial charge >= 0.3 is 0 Å². The highest BCUT2D eigenvalue weighted by atomic mass is 16.3. The number of anilines is 3. The van der Waals surface area contributed by atoms with Crippen LogP contribution in [0.15, 0.2) is 174 Å². The molecule has 7 aromatic carbocycles. The summed E-state index contributed by atoms with van der Waals surface area (Å²) in [5.41, 5.74) is 11.4. The van der Waals surface area contributed by atoms with Gasteiger partial charge in [-0.2, -0.15) is 0 Å². The molecule has 0 saturated heterocycles. The van der Waals surface area contributed by atoms with E-state index in [1.54, 1.807) is 0 Å². The number of benzene rings is 7. The van der Waals surface area contributed by atoms with Crippen LogP contribution in [0.2, 0.25) is 0 Å². The third-order valence-electron chi connectivity index (χ3n) is 10.0. The molecule has 7 heteroatoms. The lowest BCUT2D eigenvalue weighted by molar-refractivity contribution is 0.669. The molecule has 0 bridgehead atoms. The molecule has 0 radical (unpaired) electrons. The van der Waals surface area contributed by atoms with Crippen LogP contribution in [0.4, 0.5) is 17.3 Å². The van der Waals surface area contributed by atoms with E-state index in [0.29, 0.717) is 17.5 Å². The van der Waals surface area contributed by atoms with E-state index in [1.807, 2.05) is 66.7 Å². The third kappa shape index (κ3) is 4.61. The highest BCUT2D eigenvalue weighted by Crippen LogP contribution is 2.49. The Kier molecular flexibility index (Phi) is 6.42. The summed E-state index contributed by atoms with van der Waals surface area (Å²) in [5, 5.41) is 2.13. The number of imidazole rings is 1. The van der Waals surface area contributed by atoms with Gasteiger partial charge in [-0.3, -0.25) is 9.47 Å². The van der Waals surface area contributed by atoms with Crippen LogP contribution in [0.25, 0.3) is 83.9 Å². The summed E-state index contributed by atoms with van der Waals surface area (Å²) in [7, 11) is 0. The van der Waals surface area contributed by atoms with Crippen molar-refractivity contribution in [2.45, 2.75) is 0 Å². The van der Waals surface area contributed by atoms with Crippen molar-refractivity contribution in [2.24, 2.45) is 0 Å². The van der Waals surface area contributed by atoms with Crippen LogP contribution in [0.3, 0.4) is 0 Å². The summed E-state index contributed by atoms with van der Waals surface area (Å²) in [5.74, 6) is 2.47. The number of hydrogen-bond donors (Lipinski definition) is 0. The largest absolute Gasteiger partial charge is 0.456 e. The topological polar surface area (TPSA) is 72.9 Å². The molecule has 1 aliphatic heterocycles. The van der Waals surface area contributed by atoms with Crippen molar-refractivity contribution in [3.63, 3.8) is 0 Å². The predicted molar refractivity (Wildman–Crippen MR) is 212 cm³/mol. The average Bonchev–Trinajstić information content (AvgIpc) is 3.76. The van der Waals surface area contributed by atoms with Gasteiger partial charge in [0.25, 0.3) is 0 Å². The van der Waals surface area contributed by atoms with Gasteiger partial charge in [0, 0.05) is 38.6 Å². The summed E-state index contributed by atoms with van der Waals surface area (Å²) >= 11 is 0.